The summed E-state index contributed by atoms with van der Waals surface area (Å²) in [5.74, 6) is -1.07. The van der Waals surface area contributed by atoms with Crippen LogP contribution in [0.2, 0.25) is 0 Å². The summed E-state index contributed by atoms with van der Waals surface area (Å²) in [5, 5.41) is 13.9. The Labute approximate surface area is 357 Å². The van der Waals surface area contributed by atoms with Gasteiger partial charge in [0.15, 0.2) is 5.82 Å². The van der Waals surface area contributed by atoms with Gasteiger partial charge in [0.2, 0.25) is 0 Å². The molecule has 0 radical (unpaired) electrons. The first-order valence-corrected chi connectivity index (χ1v) is 21.8. The minimum Gasteiger partial charge on any atom is -0.463 e. The molecule has 1 saturated carbocycles. The van der Waals surface area contributed by atoms with Gasteiger partial charge in [-0.1, -0.05) is 0 Å². The quantitative estimate of drug-likeness (QED) is 0.182. The van der Waals surface area contributed by atoms with E-state index in [1.807, 2.05) is 20.8 Å². The van der Waals surface area contributed by atoms with E-state index in [0.29, 0.717) is 59.9 Å². The Morgan fingerprint density at radius 3 is 2.30 bits per heavy atom. The maximum Gasteiger partial charge on any atom is 0.412 e. The number of ether oxygens (including phenoxy) is 5. The third-order valence-electron chi connectivity index (χ3n) is 12.0. The first-order valence-electron chi connectivity index (χ1n) is 21.0. The zero-order valence-electron chi connectivity index (χ0n) is 35.4. The molecule has 0 spiro atoms. The molecule has 2 atom stereocenters. The minimum atomic E-state index is -0.809. The van der Waals surface area contributed by atoms with Crippen molar-refractivity contribution in [3.8, 4) is 23.2 Å². The topological polar surface area (TPSA) is 152 Å². The highest BCUT2D eigenvalue weighted by Crippen LogP contribution is 2.50. The van der Waals surface area contributed by atoms with Crippen LogP contribution in [0.1, 0.15) is 83.9 Å². The second-order valence-corrected chi connectivity index (χ2v) is 19.9. The van der Waals surface area contributed by atoms with Crippen molar-refractivity contribution < 1.29 is 42.1 Å². The molecule has 6 heterocycles. The number of likely N-dealkylation sites (tertiary alicyclic amines) is 1. The number of benzene rings is 2. The number of aromatic nitrogens is 2. The van der Waals surface area contributed by atoms with Crippen molar-refractivity contribution in [3.63, 3.8) is 0 Å². The van der Waals surface area contributed by atoms with Gasteiger partial charge in [-0.25, -0.2) is 18.4 Å². The van der Waals surface area contributed by atoms with Crippen molar-refractivity contribution in [2.24, 2.45) is 5.41 Å². The molecule has 324 valence electrons. The lowest BCUT2D eigenvalue weighted by molar-refractivity contribution is 0.0209. The number of nitrogens with zero attached hydrogens (tertiary/aromatic N) is 6. The Hall–Kier alpha value is -4.89. The minimum absolute atomic E-state index is 0.00390. The van der Waals surface area contributed by atoms with Gasteiger partial charge in [-0.05, 0) is 90.5 Å². The number of nitriles is 1. The molecule has 2 bridgehead atoms. The summed E-state index contributed by atoms with van der Waals surface area (Å²) in [6.07, 6.45) is 2.33. The van der Waals surface area contributed by atoms with Crippen molar-refractivity contribution in [2.75, 3.05) is 62.8 Å². The fourth-order valence-corrected chi connectivity index (χ4v) is 10.3. The number of hydrogen-bond acceptors (Lipinski definition) is 13. The predicted molar refractivity (Wildman–Crippen MR) is 225 cm³/mol. The molecular formula is C44H51F2N7O7S. The first kappa shape index (κ1) is 41.5. The van der Waals surface area contributed by atoms with E-state index in [4.69, 9.17) is 33.7 Å². The van der Waals surface area contributed by atoms with Crippen molar-refractivity contribution in [2.45, 2.75) is 104 Å². The lowest BCUT2D eigenvalue weighted by atomic mass is 9.90. The number of thiophene rings is 1. The number of hydrogen-bond donors (Lipinski definition) is 1. The van der Waals surface area contributed by atoms with Crippen molar-refractivity contribution in [1.29, 1.82) is 5.26 Å². The van der Waals surface area contributed by atoms with Crippen LogP contribution in [0, 0.1) is 28.4 Å². The van der Waals surface area contributed by atoms with Crippen LogP contribution in [0.4, 0.5) is 29.2 Å². The lowest BCUT2D eigenvalue weighted by Crippen LogP contribution is -2.56. The highest BCUT2D eigenvalue weighted by Gasteiger charge is 2.47. The summed E-state index contributed by atoms with van der Waals surface area (Å²) in [4.78, 5) is 42.3. The third-order valence-corrected chi connectivity index (χ3v) is 13.1. The maximum atomic E-state index is 18.0. The van der Waals surface area contributed by atoms with Crippen molar-refractivity contribution in [3.05, 3.63) is 40.5 Å². The summed E-state index contributed by atoms with van der Waals surface area (Å²) < 4.78 is 64.3. The van der Waals surface area contributed by atoms with Crippen molar-refractivity contribution in [1.82, 2.24) is 19.8 Å². The Morgan fingerprint density at radius 1 is 0.951 bits per heavy atom. The number of morpholine rings is 1. The molecule has 2 unspecified atom stereocenters. The molecule has 5 aliphatic rings. The van der Waals surface area contributed by atoms with Crippen molar-refractivity contribution >= 4 is 55.3 Å². The fourth-order valence-electron chi connectivity index (χ4n) is 9.21. The van der Waals surface area contributed by atoms with E-state index in [1.54, 1.807) is 25.7 Å². The largest absolute Gasteiger partial charge is 0.463 e. The monoisotopic (exact) mass is 859 g/mol. The molecular weight excluding hydrogens is 809 g/mol. The SMILES string of the molecule is CC(C)(C)OC(=O)Nc1sc2ccc(F)c(-c3c4c(c5c(N6C7CCC6CN(C(=O)OC(C)(C)C)C7)nc(OCC6(CN7CCOCC7)CC6)nc5c3F)COC4)c2c1C#N. The lowest BCUT2D eigenvalue weighted by Gasteiger charge is -2.42. The van der Waals surface area contributed by atoms with Crippen LogP contribution in [0.15, 0.2) is 12.1 Å². The van der Waals surface area contributed by atoms with E-state index < -0.39 is 28.9 Å². The van der Waals surface area contributed by atoms with Gasteiger partial charge in [0.05, 0.1) is 44.0 Å². The van der Waals surface area contributed by atoms with Gasteiger partial charge in [0.1, 0.15) is 39.4 Å². The number of fused-ring (bicyclic) bond motifs is 6. The van der Waals surface area contributed by atoms with Gasteiger partial charge >= 0.3 is 18.2 Å². The molecule has 2 aromatic carbocycles. The average Bonchev–Trinajstić information content (AvgIpc) is 3.47. The summed E-state index contributed by atoms with van der Waals surface area (Å²) in [5.41, 5.74) is -0.789. The number of halogens is 2. The fraction of sp³-hybridized carbons (Fsp3) is 0.568. The van der Waals surface area contributed by atoms with Crippen LogP contribution in [0.25, 0.3) is 32.1 Å². The summed E-state index contributed by atoms with van der Waals surface area (Å²) in [6, 6.07) is 4.59. The predicted octanol–water partition coefficient (Wildman–Crippen LogP) is 8.12. The van der Waals surface area contributed by atoms with E-state index in [0.717, 1.165) is 56.7 Å². The Morgan fingerprint density at radius 2 is 1.64 bits per heavy atom. The number of rotatable bonds is 8. The molecule has 9 rings (SSSR count). The Bertz CT molecular complexity index is 2450. The number of amides is 2. The number of carbonyl (C=O) groups is 2. The molecule has 61 heavy (non-hydrogen) atoms. The average molecular weight is 860 g/mol. The van der Waals surface area contributed by atoms with Crippen LogP contribution in [0.3, 0.4) is 0 Å². The molecule has 2 amide bonds. The molecule has 1 N–H and O–H groups in total. The molecule has 1 aliphatic carbocycles. The van der Waals surface area contributed by atoms with Crippen LogP contribution in [-0.4, -0.2) is 108 Å². The first-order chi connectivity index (χ1) is 29.0. The van der Waals surface area contributed by atoms with E-state index in [2.05, 4.69) is 21.2 Å². The molecule has 4 aromatic rings. The normalized spacial score (nSPS) is 21.1. The summed E-state index contributed by atoms with van der Waals surface area (Å²) in [6.45, 7) is 15.7. The second kappa shape index (κ2) is 15.5. The van der Waals surface area contributed by atoms with Crippen LogP contribution in [0.5, 0.6) is 6.01 Å². The summed E-state index contributed by atoms with van der Waals surface area (Å²) in [7, 11) is 0. The Balaban J connectivity index is 1.17. The number of anilines is 2. The van der Waals surface area contributed by atoms with E-state index in [-0.39, 0.29) is 75.4 Å². The highest BCUT2D eigenvalue weighted by atomic mass is 32.1. The van der Waals surface area contributed by atoms with E-state index >= 15 is 8.78 Å². The molecule has 4 fully saturated rings. The molecule has 4 aliphatic heterocycles. The van der Waals surface area contributed by atoms with Gasteiger partial charge in [-0.15, -0.1) is 11.3 Å². The number of piperazine rings is 1. The van der Waals surface area contributed by atoms with E-state index in [9.17, 15) is 14.9 Å². The van der Waals surface area contributed by atoms with Crippen LogP contribution < -0.4 is 15.0 Å². The zero-order chi connectivity index (χ0) is 43.0. The summed E-state index contributed by atoms with van der Waals surface area (Å²) >= 11 is 1.07. The number of carbonyl (C=O) groups excluding carboxylic acids is 2. The zero-order valence-corrected chi connectivity index (χ0v) is 36.2. The van der Waals surface area contributed by atoms with Crippen LogP contribution >= 0.6 is 11.3 Å². The molecule has 14 nitrogen and oxygen atoms in total. The number of nitrogens with one attached hydrogen (secondary N) is 1. The van der Waals surface area contributed by atoms with Gasteiger partial charge < -0.3 is 33.5 Å². The van der Waals surface area contributed by atoms with E-state index in [1.165, 1.54) is 12.1 Å². The standard InChI is InChI=1S/C44H51F2N7O7S/c1-42(2,3)59-40(54)50-38-26(17-47)31-30(61-38)10-9-29(45)34(31)32-27-20-57-21-28(27)33-36(35(32)46)48-39(58-23-44(11-12-44)22-51-13-15-56-16-14-51)49-37(33)53-24-7-8-25(53)19-52(18-24)41(55)60-43(4,5)6/h9-10,24-25H,7-8,11-16,18-23H2,1-6H3,(H,50,54). The second-order valence-electron chi connectivity index (χ2n) is 18.9. The molecule has 3 saturated heterocycles. The smallest absolute Gasteiger partial charge is 0.412 e. The van der Waals surface area contributed by atoms with Gasteiger partial charge in [-0.3, -0.25) is 10.2 Å². The van der Waals surface area contributed by atoms with Crippen LogP contribution in [-0.2, 0) is 32.2 Å². The molecule has 2 aromatic heterocycles. The highest BCUT2D eigenvalue weighted by molar-refractivity contribution is 7.23. The van der Waals surface area contributed by atoms with Gasteiger partial charge in [-0.2, -0.15) is 15.2 Å². The van der Waals surface area contributed by atoms with Gasteiger partial charge in [0.25, 0.3) is 0 Å². The third kappa shape index (κ3) is 8.03. The maximum absolute atomic E-state index is 18.0. The van der Waals surface area contributed by atoms with Gasteiger partial charge in [0, 0.05) is 71.4 Å². The Kier molecular flexibility index (Phi) is 10.5. The molecule has 17 heteroatoms.